The van der Waals surface area contributed by atoms with E-state index >= 15 is 0 Å². The lowest BCUT2D eigenvalue weighted by Gasteiger charge is -2.09. The summed E-state index contributed by atoms with van der Waals surface area (Å²) in [6.45, 7) is 4.07. The average Bonchev–Trinajstić information content (AvgIpc) is 3.36. The van der Waals surface area contributed by atoms with Gasteiger partial charge in [0.15, 0.2) is 0 Å². The lowest BCUT2D eigenvalue weighted by molar-refractivity contribution is 0.410. The van der Waals surface area contributed by atoms with E-state index in [-0.39, 0.29) is 0 Å². The second kappa shape index (κ2) is 7.01. The van der Waals surface area contributed by atoms with Gasteiger partial charge in [-0.15, -0.1) is 22.7 Å². The molecule has 7 heteroatoms. The Balaban J connectivity index is 1.65. The first-order valence-corrected chi connectivity index (χ1v) is 9.88. The largest absolute Gasteiger partial charge is 0.496 e. The molecule has 0 fully saturated rings. The van der Waals surface area contributed by atoms with E-state index in [1.165, 1.54) is 0 Å². The number of nitrogens with one attached hydrogen (secondary N) is 1. The van der Waals surface area contributed by atoms with Crippen molar-refractivity contribution in [3.8, 4) is 27.4 Å². The van der Waals surface area contributed by atoms with Gasteiger partial charge in [-0.3, -0.25) is 5.10 Å². The number of ether oxygens (including phenoxy) is 1. The highest BCUT2D eigenvalue weighted by molar-refractivity contribution is 7.15. The summed E-state index contributed by atoms with van der Waals surface area (Å²) in [6.07, 6.45) is 4.44. The maximum absolute atomic E-state index is 5.55. The monoisotopic (exact) mass is 382 g/mol. The van der Waals surface area contributed by atoms with Gasteiger partial charge < -0.3 is 4.74 Å². The fourth-order valence-electron chi connectivity index (χ4n) is 2.93. The third kappa shape index (κ3) is 3.27. The number of aryl methyl sites for hydroxylation is 2. The van der Waals surface area contributed by atoms with Gasteiger partial charge >= 0.3 is 0 Å². The molecule has 26 heavy (non-hydrogen) atoms. The maximum atomic E-state index is 5.55. The number of benzene rings is 1. The first-order chi connectivity index (χ1) is 12.6. The van der Waals surface area contributed by atoms with Crippen LogP contribution in [-0.2, 0) is 6.42 Å². The molecular formula is C19H18N4OS2. The fourth-order valence-corrected chi connectivity index (χ4v) is 4.70. The van der Waals surface area contributed by atoms with Crippen molar-refractivity contribution in [1.29, 1.82) is 0 Å². The van der Waals surface area contributed by atoms with Gasteiger partial charge in [-0.1, -0.05) is 6.07 Å². The van der Waals surface area contributed by atoms with Crippen molar-refractivity contribution in [3.05, 3.63) is 57.2 Å². The Labute approximate surface area is 159 Å². The second-order valence-corrected chi connectivity index (χ2v) is 8.11. The molecule has 5 nitrogen and oxygen atoms in total. The summed E-state index contributed by atoms with van der Waals surface area (Å²) in [5, 5.41) is 11.1. The number of rotatable bonds is 5. The zero-order valence-electron chi connectivity index (χ0n) is 14.7. The van der Waals surface area contributed by atoms with Crippen molar-refractivity contribution >= 4 is 22.7 Å². The van der Waals surface area contributed by atoms with E-state index in [1.54, 1.807) is 29.8 Å². The quantitative estimate of drug-likeness (QED) is 0.535. The molecule has 0 aliphatic rings. The predicted octanol–water partition coefficient (Wildman–Crippen LogP) is 4.87. The Morgan fingerprint density at radius 2 is 2.04 bits per heavy atom. The van der Waals surface area contributed by atoms with Crippen LogP contribution in [0.4, 0.5) is 0 Å². The highest BCUT2D eigenvalue weighted by Crippen LogP contribution is 2.33. The van der Waals surface area contributed by atoms with Gasteiger partial charge in [0.2, 0.25) is 0 Å². The lowest BCUT2D eigenvalue weighted by Crippen LogP contribution is -1.94. The summed E-state index contributed by atoms with van der Waals surface area (Å²) in [5.41, 5.74) is 5.34. The molecule has 0 saturated heterocycles. The second-order valence-electron chi connectivity index (χ2n) is 5.96. The minimum atomic E-state index is 0.733. The number of thiazole rings is 2. The number of methoxy groups -OCH3 is 1. The number of hydrogen-bond donors (Lipinski definition) is 1. The molecule has 1 aromatic carbocycles. The molecular weight excluding hydrogens is 364 g/mol. The Hall–Kier alpha value is -2.51. The molecule has 0 atom stereocenters. The summed E-state index contributed by atoms with van der Waals surface area (Å²) >= 11 is 3.37. The van der Waals surface area contributed by atoms with Crippen molar-refractivity contribution in [3.63, 3.8) is 0 Å². The van der Waals surface area contributed by atoms with Crippen molar-refractivity contribution in [2.24, 2.45) is 0 Å². The van der Waals surface area contributed by atoms with Gasteiger partial charge in [-0.05, 0) is 31.5 Å². The molecule has 4 aromatic rings. The molecule has 3 heterocycles. The van der Waals surface area contributed by atoms with Crippen molar-refractivity contribution in [2.45, 2.75) is 20.3 Å². The first-order valence-electron chi connectivity index (χ1n) is 8.19. The highest BCUT2D eigenvalue weighted by Gasteiger charge is 2.14. The number of nitrogens with zero attached hydrogens (tertiary/aromatic N) is 3. The molecule has 3 aromatic heterocycles. The number of hydrogen-bond acceptors (Lipinski definition) is 6. The molecule has 132 valence electrons. The molecule has 0 unspecified atom stereocenters. The molecule has 0 saturated carbocycles. The molecule has 0 spiro atoms. The van der Waals surface area contributed by atoms with E-state index in [4.69, 9.17) is 9.72 Å². The zero-order chi connectivity index (χ0) is 18.1. The van der Waals surface area contributed by atoms with Crippen LogP contribution in [-0.4, -0.2) is 27.3 Å². The third-order valence-corrected chi connectivity index (χ3v) is 6.09. The summed E-state index contributed by atoms with van der Waals surface area (Å²) in [5.74, 6) is 0.874. The topological polar surface area (TPSA) is 63.7 Å². The number of aromatic nitrogens is 4. The Kier molecular flexibility index (Phi) is 4.57. The lowest BCUT2D eigenvalue weighted by atomic mass is 10.0. The molecule has 0 aliphatic heterocycles. The Bertz CT molecular complexity index is 1030. The van der Waals surface area contributed by atoms with E-state index in [9.17, 15) is 0 Å². The van der Waals surface area contributed by atoms with Gasteiger partial charge in [0.05, 0.1) is 39.6 Å². The molecule has 0 bridgehead atoms. The average molecular weight is 383 g/mol. The third-order valence-electron chi connectivity index (χ3n) is 4.14. The fraction of sp³-hybridized carbons (Fsp3) is 0.211. The molecule has 4 rings (SSSR count). The van der Waals surface area contributed by atoms with Gasteiger partial charge in [-0.25, -0.2) is 9.97 Å². The highest BCUT2D eigenvalue weighted by atomic mass is 32.1. The Morgan fingerprint density at radius 3 is 2.73 bits per heavy atom. The SMILES string of the molecule is COc1ccc(-c2cn[nH]c2)cc1Cc1nc(-c2sc(C)nc2C)cs1. The van der Waals surface area contributed by atoms with Crippen LogP contribution in [0.25, 0.3) is 21.7 Å². The summed E-state index contributed by atoms with van der Waals surface area (Å²) < 4.78 is 5.55. The van der Waals surface area contributed by atoms with Gasteiger partial charge in [0, 0.05) is 29.1 Å². The normalized spacial score (nSPS) is 11.0. The van der Waals surface area contributed by atoms with E-state index in [2.05, 4.69) is 26.6 Å². The first kappa shape index (κ1) is 16.9. The van der Waals surface area contributed by atoms with Crippen LogP contribution in [0.3, 0.4) is 0 Å². The summed E-state index contributed by atoms with van der Waals surface area (Å²) in [6, 6.07) is 6.19. The summed E-state index contributed by atoms with van der Waals surface area (Å²) in [4.78, 5) is 10.5. The van der Waals surface area contributed by atoms with Crippen molar-refractivity contribution < 1.29 is 4.74 Å². The molecule has 0 amide bonds. The van der Waals surface area contributed by atoms with E-state index in [1.807, 2.05) is 38.4 Å². The molecule has 0 aliphatic carbocycles. The van der Waals surface area contributed by atoms with Gasteiger partial charge in [0.25, 0.3) is 0 Å². The van der Waals surface area contributed by atoms with E-state index in [0.717, 1.165) is 55.1 Å². The van der Waals surface area contributed by atoms with Crippen LogP contribution in [0.5, 0.6) is 5.75 Å². The zero-order valence-corrected chi connectivity index (χ0v) is 16.4. The molecule has 1 N–H and O–H groups in total. The van der Waals surface area contributed by atoms with Gasteiger partial charge in [0.1, 0.15) is 5.75 Å². The molecule has 0 radical (unpaired) electrons. The van der Waals surface area contributed by atoms with Gasteiger partial charge in [-0.2, -0.15) is 5.10 Å². The van der Waals surface area contributed by atoms with Crippen molar-refractivity contribution in [2.75, 3.05) is 7.11 Å². The maximum Gasteiger partial charge on any atom is 0.122 e. The standard InChI is InChI=1S/C19H18N4OS2/c1-11-19(26-12(2)22-11)16-10-25-18(23-16)7-14-6-13(4-5-17(14)24-3)15-8-20-21-9-15/h4-6,8-10H,7H2,1-3H3,(H,20,21). The van der Waals surface area contributed by atoms with Crippen LogP contribution >= 0.6 is 22.7 Å². The predicted molar refractivity (Wildman–Crippen MR) is 106 cm³/mol. The summed E-state index contributed by atoms with van der Waals surface area (Å²) in [7, 11) is 1.70. The number of aromatic amines is 1. The van der Waals surface area contributed by atoms with Crippen molar-refractivity contribution in [1.82, 2.24) is 20.2 Å². The van der Waals surface area contributed by atoms with Crippen LogP contribution in [0.1, 0.15) is 21.3 Å². The minimum absolute atomic E-state index is 0.733. The van der Waals surface area contributed by atoms with E-state index < -0.39 is 0 Å². The smallest absolute Gasteiger partial charge is 0.122 e. The Morgan fingerprint density at radius 1 is 1.15 bits per heavy atom. The van der Waals surface area contributed by atoms with E-state index in [0.29, 0.717) is 0 Å². The van der Waals surface area contributed by atoms with Crippen LogP contribution < -0.4 is 4.74 Å². The van der Waals surface area contributed by atoms with Crippen LogP contribution in [0, 0.1) is 13.8 Å². The van der Waals surface area contributed by atoms with Crippen LogP contribution in [0.15, 0.2) is 36.0 Å². The number of H-pyrrole nitrogens is 1. The minimum Gasteiger partial charge on any atom is -0.496 e. The van der Waals surface area contributed by atoms with Crippen LogP contribution in [0.2, 0.25) is 0 Å².